The van der Waals surface area contributed by atoms with E-state index in [-0.39, 0.29) is 11.9 Å². The molecule has 2 N–H and O–H groups in total. The minimum atomic E-state index is -0.293. The van der Waals surface area contributed by atoms with Crippen LogP contribution in [0.1, 0.15) is 38.4 Å². The van der Waals surface area contributed by atoms with Gasteiger partial charge in [-0.3, -0.25) is 4.79 Å². The van der Waals surface area contributed by atoms with Crippen molar-refractivity contribution >= 4 is 5.91 Å². The molecule has 6 heteroatoms. The van der Waals surface area contributed by atoms with E-state index in [0.717, 1.165) is 25.1 Å². The number of nitrogens with zero attached hydrogens (tertiary/aromatic N) is 3. The Balaban J connectivity index is 1.90. The molecule has 1 heterocycles. The van der Waals surface area contributed by atoms with Crippen LogP contribution in [-0.4, -0.2) is 33.5 Å². The number of nitrogens with one attached hydrogen (secondary N) is 2. The van der Waals surface area contributed by atoms with Crippen molar-refractivity contribution in [2.75, 3.05) is 6.54 Å². The summed E-state index contributed by atoms with van der Waals surface area (Å²) in [6.45, 7) is 5.46. The normalized spacial score (nSPS) is 16.8. The van der Waals surface area contributed by atoms with E-state index in [1.54, 1.807) is 4.68 Å². The van der Waals surface area contributed by atoms with Crippen molar-refractivity contribution in [3.05, 3.63) is 11.9 Å². The molecule has 1 aromatic heterocycles. The Bertz CT molecular complexity index is 385. The minimum Gasteiger partial charge on any atom is -0.352 e. The Morgan fingerprint density at radius 3 is 3.06 bits per heavy atom. The molecule has 1 saturated carbocycles. The summed E-state index contributed by atoms with van der Waals surface area (Å²) in [5.41, 5.74) is 0.859. The maximum absolute atomic E-state index is 11.8. The van der Waals surface area contributed by atoms with Crippen molar-refractivity contribution in [3.63, 3.8) is 0 Å². The van der Waals surface area contributed by atoms with Gasteiger partial charge in [0.25, 0.3) is 0 Å². The van der Waals surface area contributed by atoms with E-state index in [1.807, 2.05) is 20.0 Å². The van der Waals surface area contributed by atoms with Crippen LogP contribution in [0.25, 0.3) is 0 Å². The van der Waals surface area contributed by atoms with Crippen LogP contribution in [0.3, 0.4) is 0 Å². The largest absolute Gasteiger partial charge is 0.352 e. The molecule has 0 radical (unpaired) electrons. The zero-order valence-electron chi connectivity index (χ0n) is 10.3. The molecule has 1 amide bonds. The lowest BCUT2D eigenvalue weighted by Crippen LogP contribution is -2.32. The van der Waals surface area contributed by atoms with Crippen LogP contribution in [0, 0.1) is 0 Å². The Hall–Kier alpha value is -1.43. The predicted octanol–water partition coefficient (Wildman–Crippen LogP) is 0.227. The first-order chi connectivity index (χ1) is 8.20. The number of carbonyl (C=O) groups is 1. The van der Waals surface area contributed by atoms with Crippen LogP contribution in [-0.2, 0) is 11.3 Å². The molecule has 0 spiro atoms. The highest BCUT2D eigenvalue weighted by molar-refractivity contribution is 5.80. The van der Waals surface area contributed by atoms with Gasteiger partial charge in [0.1, 0.15) is 6.04 Å². The van der Waals surface area contributed by atoms with E-state index in [4.69, 9.17) is 0 Å². The van der Waals surface area contributed by atoms with Gasteiger partial charge in [0, 0.05) is 12.6 Å². The van der Waals surface area contributed by atoms with Crippen molar-refractivity contribution in [2.45, 2.75) is 45.3 Å². The first kappa shape index (κ1) is 12.0. The van der Waals surface area contributed by atoms with Crippen molar-refractivity contribution in [3.8, 4) is 0 Å². The van der Waals surface area contributed by atoms with Gasteiger partial charge in [0.2, 0.25) is 5.91 Å². The lowest BCUT2D eigenvalue weighted by molar-refractivity contribution is -0.124. The number of carbonyl (C=O) groups excluding carboxylic acids is 1. The molecule has 1 unspecified atom stereocenters. The van der Waals surface area contributed by atoms with E-state index in [9.17, 15) is 4.79 Å². The number of aromatic nitrogens is 3. The smallest absolute Gasteiger partial charge is 0.244 e. The van der Waals surface area contributed by atoms with Crippen LogP contribution >= 0.6 is 0 Å². The Morgan fingerprint density at radius 2 is 2.41 bits per heavy atom. The zero-order valence-corrected chi connectivity index (χ0v) is 10.3. The molecular formula is C11H19N5O. The monoisotopic (exact) mass is 237 g/mol. The maximum atomic E-state index is 11.8. The van der Waals surface area contributed by atoms with Gasteiger partial charge >= 0.3 is 0 Å². The zero-order chi connectivity index (χ0) is 12.3. The predicted molar refractivity (Wildman–Crippen MR) is 63.3 cm³/mol. The van der Waals surface area contributed by atoms with Gasteiger partial charge in [-0.15, -0.1) is 5.10 Å². The van der Waals surface area contributed by atoms with Crippen molar-refractivity contribution in [2.24, 2.45) is 0 Å². The summed E-state index contributed by atoms with van der Waals surface area (Å²) in [4.78, 5) is 11.8. The lowest BCUT2D eigenvalue weighted by Gasteiger charge is -2.10. The molecule has 2 rings (SSSR count). The van der Waals surface area contributed by atoms with Gasteiger partial charge in [-0.2, -0.15) is 0 Å². The fourth-order valence-corrected chi connectivity index (χ4v) is 1.51. The molecule has 17 heavy (non-hydrogen) atoms. The molecule has 1 atom stereocenters. The molecule has 6 nitrogen and oxygen atoms in total. The van der Waals surface area contributed by atoms with E-state index in [1.165, 1.54) is 0 Å². The second-order valence-corrected chi connectivity index (χ2v) is 4.43. The van der Waals surface area contributed by atoms with Crippen molar-refractivity contribution in [1.29, 1.82) is 0 Å². The summed E-state index contributed by atoms with van der Waals surface area (Å²) in [6.07, 6.45) is 4.02. The van der Waals surface area contributed by atoms with Crippen molar-refractivity contribution in [1.82, 2.24) is 25.6 Å². The average molecular weight is 237 g/mol. The molecule has 0 aromatic carbocycles. The van der Waals surface area contributed by atoms with Gasteiger partial charge in [-0.1, -0.05) is 12.1 Å². The summed E-state index contributed by atoms with van der Waals surface area (Å²) >= 11 is 0. The molecule has 0 bridgehead atoms. The minimum absolute atomic E-state index is 0.0207. The third kappa shape index (κ3) is 3.26. The quantitative estimate of drug-likeness (QED) is 0.743. The van der Waals surface area contributed by atoms with Gasteiger partial charge in [-0.25, -0.2) is 4.68 Å². The highest BCUT2D eigenvalue weighted by Gasteiger charge is 2.26. The molecule has 1 aromatic rings. The molecule has 1 aliphatic carbocycles. The molecule has 94 valence electrons. The van der Waals surface area contributed by atoms with Crippen LogP contribution in [0.15, 0.2) is 6.20 Å². The van der Waals surface area contributed by atoms with Crippen LogP contribution < -0.4 is 10.6 Å². The summed E-state index contributed by atoms with van der Waals surface area (Å²) in [5, 5.41) is 14.1. The second kappa shape index (κ2) is 5.27. The summed E-state index contributed by atoms with van der Waals surface area (Å²) in [5.74, 6) is 0.0207. The number of hydrogen-bond acceptors (Lipinski definition) is 4. The van der Waals surface area contributed by atoms with E-state index in [0.29, 0.717) is 12.6 Å². The van der Waals surface area contributed by atoms with Gasteiger partial charge in [-0.05, 0) is 26.3 Å². The van der Waals surface area contributed by atoms with Gasteiger partial charge in [0.05, 0.1) is 11.9 Å². The van der Waals surface area contributed by atoms with E-state index in [2.05, 4.69) is 20.9 Å². The summed E-state index contributed by atoms with van der Waals surface area (Å²) < 4.78 is 1.62. The highest BCUT2D eigenvalue weighted by atomic mass is 16.2. The molecule has 1 aliphatic rings. The average Bonchev–Trinajstić information content (AvgIpc) is 3.01. The van der Waals surface area contributed by atoms with Crippen LogP contribution in [0.4, 0.5) is 0 Å². The Labute approximate surface area is 101 Å². The molecule has 0 aliphatic heterocycles. The first-order valence-corrected chi connectivity index (χ1v) is 6.12. The third-order valence-electron chi connectivity index (χ3n) is 2.81. The molecule has 0 saturated heterocycles. The SMILES string of the molecule is CCNCc1cn(C(C)C(=O)NC2CC2)nn1. The second-order valence-electron chi connectivity index (χ2n) is 4.43. The van der Waals surface area contributed by atoms with Crippen molar-refractivity contribution < 1.29 is 4.79 Å². The first-order valence-electron chi connectivity index (χ1n) is 6.12. The van der Waals surface area contributed by atoms with Crippen LogP contribution in [0.2, 0.25) is 0 Å². The number of amides is 1. The van der Waals surface area contributed by atoms with Gasteiger partial charge in [0.15, 0.2) is 0 Å². The number of hydrogen-bond donors (Lipinski definition) is 2. The van der Waals surface area contributed by atoms with Gasteiger partial charge < -0.3 is 10.6 Å². The standard InChI is InChI=1S/C11H19N5O/c1-3-12-6-10-7-16(15-14-10)8(2)11(17)13-9-4-5-9/h7-9,12H,3-6H2,1-2H3,(H,13,17). The fraction of sp³-hybridized carbons (Fsp3) is 0.727. The van der Waals surface area contributed by atoms with E-state index >= 15 is 0 Å². The highest BCUT2D eigenvalue weighted by Crippen LogP contribution is 2.19. The van der Waals surface area contributed by atoms with Crippen LogP contribution in [0.5, 0.6) is 0 Å². The maximum Gasteiger partial charge on any atom is 0.244 e. The fourth-order valence-electron chi connectivity index (χ4n) is 1.51. The molecular weight excluding hydrogens is 218 g/mol. The topological polar surface area (TPSA) is 71.8 Å². The lowest BCUT2D eigenvalue weighted by atomic mass is 10.3. The molecule has 1 fully saturated rings. The number of rotatable bonds is 6. The van der Waals surface area contributed by atoms with E-state index < -0.39 is 0 Å². The third-order valence-corrected chi connectivity index (χ3v) is 2.81. The summed E-state index contributed by atoms with van der Waals surface area (Å²) in [7, 11) is 0. The Morgan fingerprint density at radius 1 is 1.65 bits per heavy atom. The summed E-state index contributed by atoms with van der Waals surface area (Å²) in [6, 6.07) is 0.0909. The Kier molecular flexibility index (Phi) is 3.73.